The summed E-state index contributed by atoms with van der Waals surface area (Å²) >= 11 is 0. The van der Waals surface area contributed by atoms with Crippen LogP contribution in [0.3, 0.4) is 0 Å². The van der Waals surface area contributed by atoms with Crippen LogP contribution in [-0.2, 0) is 16.0 Å². The van der Waals surface area contributed by atoms with Crippen LogP contribution >= 0.6 is 0 Å². The van der Waals surface area contributed by atoms with Crippen LogP contribution in [0.4, 0.5) is 0 Å². The smallest absolute Gasteiger partial charge is 0.310 e. The van der Waals surface area contributed by atoms with E-state index in [2.05, 4.69) is 4.98 Å². The molecule has 1 heterocycles. The average molecular weight is 337 g/mol. The number of para-hydroxylation sites is 1. The first-order valence-corrected chi connectivity index (χ1v) is 7.55. The number of hydrogen-bond acceptors (Lipinski definition) is 7. The zero-order chi connectivity index (χ0) is 17.4. The molecule has 130 valence electrons. The largest absolute Gasteiger partial charge is 0.456 e. The molecule has 0 saturated heterocycles. The minimum atomic E-state index is -1.73. The van der Waals surface area contributed by atoms with Crippen molar-refractivity contribution in [3.05, 3.63) is 36.0 Å². The van der Waals surface area contributed by atoms with Gasteiger partial charge in [-0.15, -0.1) is 0 Å². The van der Waals surface area contributed by atoms with Crippen molar-refractivity contribution >= 4 is 16.9 Å². The molecule has 1 fully saturated rings. The fraction of sp³-hybridized carbons (Fsp3) is 0.438. The average Bonchev–Trinajstić information content (AvgIpc) is 2.98. The Morgan fingerprint density at radius 2 is 1.54 bits per heavy atom. The Morgan fingerprint density at radius 1 is 0.958 bits per heavy atom. The van der Waals surface area contributed by atoms with E-state index in [4.69, 9.17) is 4.74 Å². The van der Waals surface area contributed by atoms with Crippen LogP contribution in [0, 0.1) is 0 Å². The van der Waals surface area contributed by atoms with E-state index in [1.54, 1.807) is 6.20 Å². The standard InChI is InChI=1S/C16H19NO7/c18-10(5-7-6-17-9-4-2-1-3-8(7)9)24-16-14(22)12(20)11(19)13(21)15(16)23/h1-4,6,11-17,19-23H,5H2/t11?,12-,13-,14-,15+,16?/m1/s1. The Balaban J connectivity index is 1.72. The number of rotatable bonds is 3. The number of nitrogens with one attached hydrogen (secondary N) is 1. The van der Waals surface area contributed by atoms with Crippen LogP contribution in [0.2, 0.25) is 0 Å². The summed E-state index contributed by atoms with van der Waals surface area (Å²) in [6.07, 6.45) is -8.57. The van der Waals surface area contributed by atoms with E-state index in [1.165, 1.54) is 0 Å². The molecule has 8 nitrogen and oxygen atoms in total. The van der Waals surface area contributed by atoms with Crippen molar-refractivity contribution in [2.75, 3.05) is 0 Å². The number of ether oxygens (including phenoxy) is 1. The van der Waals surface area contributed by atoms with Crippen molar-refractivity contribution in [3.63, 3.8) is 0 Å². The van der Waals surface area contributed by atoms with Crippen LogP contribution < -0.4 is 0 Å². The van der Waals surface area contributed by atoms with E-state index < -0.39 is 42.6 Å². The zero-order valence-corrected chi connectivity index (χ0v) is 12.6. The van der Waals surface area contributed by atoms with Crippen molar-refractivity contribution < 1.29 is 35.1 Å². The van der Waals surface area contributed by atoms with Crippen LogP contribution in [0.1, 0.15) is 5.56 Å². The Hall–Kier alpha value is -1.97. The van der Waals surface area contributed by atoms with Gasteiger partial charge >= 0.3 is 5.97 Å². The van der Waals surface area contributed by atoms with Crippen LogP contribution in [0.25, 0.3) is 10.9 Å². The lowest BCUT2D eigenvalue weighted by atomic mass is 9.85. The Labute approximate surface area is 136 Å². The van der Waals surface area contributed by atoms with E-state index in [9.17, 15) is 30.3 Å². The lowest BCUT2D eigenvalue weighted by Gasteiger charge is -2.41. The van der Waals surface area contributed by atoms with Gasteiger partial charge in [-0.2, -0.15) is 0 Å². The maximum atomic E-state index is 12.1. The molecule has 6 N–H and O–H groups in total. The molecule has 1 aromatic heterocycles. The Kier molecular flexibility index (Phi) is 4.57. The second-order valence-electron chi connectivity index (χ2n) is 5.94. The minimum Gasteiger partial charge on any atom is -0.456 e. The number of hydrogen-bond donors (Lipinski definition) is 6. The molecule has 0 aliphatic heterocycles. The summed E-state index contributed by atoms with van der Waals surface area (Å²) in [5.41, 5.74) is 1.53. The van der Waals surface area contributed by atoms with Gasteiger partial charge in [0.05, 0.1) is 6.42 Å². The molecular weight excluding hydrogens is 318 g/mol. The molecule has 24 heavy (non-hydrogen) atoms. The summed E-state index contributed by atoms with van der Waals surface area (Å²) in [4.78, 5) is 15.1. The molecule has 0 radical (unpaired) electrons. The van der Waals surface area contributed by atoms with E-state index in [0.717, 1.165) is 10.9 Å². The van der Waals surface area contributed by atoms with E-state index >= 15 is 0 Å². The summed E-state index contributed by atoms with van der Waals surface area (Å²) in [7, 11) is 0. The maximum absolute atomic E-state index is 12.1. The predicted octanol–water partition coefficient (Wildman–Crippen LogP) is -1.56. The number of H-pyrrole nitrogens is 1. The number of aliphatic hydroxyl groups excluding tert-OH is 5. The van der Waals surface area contributed by atoms with Crippen LogP contribution in [-0.4, -0.2) is 73.1 Å². The monoisotopic (exact) mass is 337 g/mol. The quantitative estimate of drug-likeness (QED) is 0.372. The van der Waals surface area contributed by atoms with Gasteiger partial charge in [-0.25, -0.2) is 0 Å². The van der Waals surface area contributed by atoms with E-state index in [-0.39, 0.29) is 6.42 Å². The van der Waals surface area contributed by atoms with Crippen LogP contribution in [0.15, 0.2) is 30.5 Å². The van der Waals surface area contributed by atoms with Gasteiger partial charge in [0.1, 0.15) is 30.5 Å². The highest BCUT2D eigenvalue weighted by Crippen LogP contribution is 2.25. The van der Waals surface area contributed by atoms with Crippen molar-refractivity contribution in [1.82, 2.24) is 4.98 Å². The predicted molar refractivity (Wildman–Crippen MR) is 81.9 cm³/mol. The minimum absolute atomic E-state index is 0.116. The fourth-order valence-corrected chi connectivity index (χ4v) is 2.96. The second kappa shape index (κ2) is 6.50. The molecular formula is C16H19NO7. The van der Waals surface area contributed by atoms with Gasteiger partial charge < -0.3 is 35.3 Å². The first-order chi connectivity index (χ1) is 11.4. The summed E-state index contributed by atoms with van der Waals surface area (Å²) in [6, 6.07) is 7.37. The topological polar surface area (TPSA) is 143 Å². The van der Waals surface area contributed by atoms with Gasteiger partial charge in [-0.05, 0) is 11.6 Å². The van der Waals surface area contributed by atoms with Gasteiger partial charge in [0.15, 0.2) is 6.10 Å². The van der Waals surface area contributed by atoms with Crippen molar-refractivity contribution in [1.29, 1.82) is 0 Å². The number of benzene rings is 1. The molecule has 1 aliphatic rings. The molecule has 6 atom stereocenters. The van der Waals surface area contributed by atoms with Gasteiger partial charge in [0, 0.05) is 17.1 Å². The van der Waals surface area contributed by atoms with E-state index in [1.807, 2.05) is 24.3 Å². The molecule has 0 spiro atoms. The number of aliphatic hydroxyl groups is 5. The van der Waals surface area contributed by atoms with Crippen molar-refractivity contribution in [2.24, 2.45) is 0 Å². The van der Waals surface area contributed by atoms with Gasteiger partial charge in [-0.3, -0.25) is 4.79 Å². The normalized spacial score (nSPS) is 33.5. The molecule has 2 aromatic rings. The fourth-order valence-electron chi connectivity index (χ4n) is 2.96. The van der Waals surface area contributed by atoms with Gasteiger partial charge in [0.2, 0.25) is 0 Å². The molecule has 8 heteroatoms. The number of carbonyl (C=O) groups excluding carboxylic acids is 1. The number of aromatic nitrogens is 1. The molecule has 2 unspecified atom stereocenters. The third kappa shape index (κ3) is 2.90. The number of carbonyl (C=O) groups is 1. The second-order valence-corrected chi connectivity index (χ2v) is 5.94. The lowest BCUT2D eigenvalue weighted by Crippen LogP contribution is -2.64. The van der Waals surface area contributed by atoms with Gasteiger partial charge in [0.25, 0.3) is 0 Å². The summed E-state index contributed by atoms with van der Waals surface area (Å²) in [5.74, 6) is -0.737. The lowest BCUT2D eigenvalue weighted by molar-refractivity contribution is -0.233. The Bertz CT molecular complexity index is 714. The highest BCUT2D eigenvalue weighted by Gasteiger charge is 2.50. The van der Waals surface area contributed by atoms with Crippen molar-refractivity contribution in [3.8, 4) is 0 Å². The SMILES string of the molecule is O=C(Cc1c[nH]c2ccccc12)OC1[C@@H](O)[C@H](O)C(O)[C@@H](O)[C@H]1O. The third-order valence-corrected chi connectivity index (χ3v) is 4.35. The molecule has 1 aliphatic carbocycles. The molecule has 0 amide bonds. The number of aromatic amines is 1. The highest BCUT2D eigenvalue weighted by molar-refractivity contribution is 5.87. The molecule has 1 saturated carbocycles. The zero-order valence-electron chi connectivity index (χ0n) is 12.6. The molecule has 0 bridgehead atoms. The number of fused-ring (bicyclic) bond motifs is 1. The number of esters is 1. The van der Waals surface area contributed by atoms with Gasteiger partial charge in [-0.1, -0.05) is 18.2 Å². The summed E-state index contributed by atoms with van der Waals surface area (Å²) < 4.78 is 5.04. The maximum Gasteiger partial charge on any atom is 0.310 e. The molecule has 1 aromatic carbocycles. The first-order valence-electron chi connectivity index (χ1n) is 7.55. The first kappa shape index (κ1) is 16.9. The molecule has 3 rings (SSSR count). The Morgan fingerprint density at radius 3 is 2.21 bits per heavy atom. The van der Waals surface area contributed by atoms with E-state index in [0.29, 0.717) is 5.56 Å². The van der Waals surface area contributed by atoms with Crippen molar-refractivity contribution in [2.45, 2.75) is 43.0 Å². The van der Waals surface area contributed by atoms with Crippen LogP contribution in [0.5, 0.6) is 0 Å². The third-order valence-electron chi connectivity index (χ3n) is 4.35. The summed E-state index contributed by atoms with van der Waals surface area (Å²) in [5, 5.41) is 49.4. The highest BCUT2D eigenvalue weighted by atomic mass is 16.6. The summed E-state index contributed by atoms with van der Waals surface area (Å²) in [6.45, 7) is 0.